The molecule has 0 aliphatic rings. The van der Waals surface area contributed by atoms with Gasteiger partial charge in [0.25, 0.3) is 0 Å². The van der Waals surface area contributed by atoms with Gasteiger partial charge in [0.1, 0.15) is 24.5 Å². The number of halogens is 1. The molecule has 0 aliphatic heterocycles. The number of hydrogen-bond donors (Lipinski definition) is 0. The molecule has 1 aromatic heterocycles. The van der Waals surface area contributed by atoms with Crippen LogP contribution in [-0.2, 0) is 9.53 Å². The minimum absolute atomic E-state index is 0.173. The van der Waals surface area contributed by atoms with E-state index in [9.17, 15) is 4.79 Å². The van der Waals surface area contributed by atoms with E-state index in [0.717, 1.165) is 5.56 Å². The maximum Gasteiger partial charge on any atom is 0.209 e. The number of nitrogens with zero attached hydrogens (tertiary/aromatic N) is 3. The molecule has 20 heavy (non-hydrogen) atoms. The number of aromatic nitrogens is 3. The first-order chi connectivity index (χ1) is 9.61. The molecule has 0 N–H and O–H groups in total. The van der Waals surface area contributed by atoms with Gasteiger partial charge in [0.15, 0.2) is 0 Å². The van der Waals surface area contributed by atoms with Crippen molar-refractivity contribution in [3.8, 4) is 0 Å². The van der Waals surface area contributed by atoms with Gasteiger partial charge in [-0.2, -0.15) is 5.10 Å². The van der Waals surface area contributed by atoms with Gasteiger partial charge in [-0.25, -0.2) is 9.67 Å². The molecule has 1 atom stereocenters. The fraction of sp³-hybridized carbons (Fsp3) is 0.214. The molecule has 0 spiro atoms. The molecule has 0 fully saturated rings. The molecule has 104 valence electrons. The Labute approximate surface area is 121 Å². The molecule has 0 bridgehead atoms. The first-order valence-electron chi connectivity index (χ1n) is 6.01. The Hall–Kier alpha value is -1.98. The number of rotatable bonds is 5. The second-order valence-electron chi connectivity index (χ2n) is 4.16. The summed E-state index contributed by atoms with van der Waals surface area (Å²) in [6.07, 6.45) is 4.02. The van der Waals surface area contributed by atoms with Crippen molar-refractivity contribution >= 4 is 29.2 Å². The maximum absolute atomic E-state index is 12.3. The first-order valence-corrected chi connectivity index (χ1v) is 6.39. The van der Waals surface area contributed by atoms with Crippen LogP contribution in [-0.4, -0.2) is 33.8 Å². The molecule has 1 unspecified atom stereocenters. The molecule has 0 aliphatic carbocycles. The Bertz CT molecular complexity index is 606. The summed E-state index contributed by atoms with van der Waals surface area (Å²) in [5, 5.41) is 4.64. The van der Waals surface area contributed by atoms with Crippen LogP contribution in [0.3, 0.4) is 0 Å². The zero-order valence-corrected chi connectivity index (χ0v) is 11.9. The highest BCUT2D eigenvalue weighted by molar-refractivity contribution is 6.30. The van der Waals surface area contributed by atoms with Crippen molar-refractivity contribution < 1.29 is 9.53 Å². The van der Waals surface area contributed by atoms with Gasteiger partial charge in [-0.05, 0) is 30.7 Å². The monoisotopic (exact) mass is 291 g/mol. The Morgan fingerprint density at radius 3 is 2.65 bits per heavy atom. The van der Waals surface area contributed by atoms with Crippen LogP contribution >= 0.6 is 11.6 Å². The van der Waals surface area contributed by atoms with Crippen molar-refractivity contribution in [2.45, 2.75) is 13.0 Å². The number of ketones is 1. The van der Waals surface area contributed by atoms with Gasteiger partial charge in [-0.15, -0.1) is 0 Å². The topological polar surface area (TPSA) is 57.0 Å². The van der Waals surface area contributed by atoms with Crippen molar-refractivity contribution in [1.29, 1.82) is 0 Å². The highest BCUT2D eigenvalue weighted by Gasteiger charge is 2.19. The van der Waals surface area contributed by atoms with Crippen LogP contribution < -0.4 is 0 Å². The summed E-state index contributed by atoms with van der Waals surface area (Å²) >= 11 is 5.85. The van der Waals surface area contributed by atoms with Crippen LogP contribution in [0.25, 0.3) is 11.8 Å². The zero-order chi connectivity index (χ0) is 14.5. The van der Waals surface area contributed by atoms with Crippen LogP contribution in [0, 0.1) is 0 Å². The van der Waals surface area contributed by atoms with Crippen molar-refractivity contribution in [3.63, 3.8) is 0 Å². The van der Waals surface area contributed by atoms with Crippen molar-refractivity contribution in [1.82, 2.24) is 14.8 Å². The van der Waals surface area contributed by atoms with E-state index in [0.29, 0.717) is 10.7 Å². The molecule has 0 amide bonds. The number of hydrogen-bond acceptors (Lipinski definition) is 4. The van der Waals surface area contributed by atoms with Crippen molar-refractivity contribution in [2.24, 2.45) is 0 Å². The van der Waals surface area contributed by atoms with Crippen LogP contribution in [0.15, 0.2) is 36.9 Å². The summed E-state index contributed by atoms with van der Waals surface area (Å²) in [4.78, 5) is 16.2. The molecular weight excluding hydrogens is 278 g/mol. The van der Waals surface area contributed by atoms with Gasteiger partial charge in [-0.1, -0.05) is 23.7 Å². The van der Waals surface area contributed by atoms with Crippen LogP contribution in [0.1, 0.15) is 12.5 Å². The number of carbonyl (C=O) groups excluding carboxylic acids is 1. The number of Topliss-reactive ketones (excluding diaryl/α,β-unsaturated/α-hetero) is 1. The summed E-state index contributed by atoms with van der Waals surface area (Å²) in [7, 11) is 1.49. The van der Waals surface area contributed by atoms with Crippen molar-refractivity contribution in [3.05, 3.63) is 47.5 Å². The normalized spacial score (nSPS) is 13.2. The summed E-state index contributed by atoms with van der Waals surface area (Å²) in [6, 6.07) is 7.17. The predicted molar refractivity (Wildman–Crippen MR) is 77.1 cm³/mol. The Balaban J connectivity index is 2.41. The quantitative estimate of drug-likeness (QED) is 0.794. The molecule has 0 saturated carbocycles. The second kappa shape index (κ2) is 6.45. The molecule has 2 rings (SSSR count). The molecule has 1 aromatic carbocycles. The largest absolute Gasteiger partial charge is 0.374 e. The number of ether oxygens (including phenoxy) is 1. The van der Waals surface area contributed by atoms with E-state index in [-0.39, 0.29) is 5.78 Å². The molecule has 5 nitrogen and oxygen atoms in total. The third-order valence-electron chi connectivity index (χ3n) is 2.81. The molecule has 2 aromatic rings. The second-order valence-corrected chi connectivity index (χ2v) is 4.60. The van der Waals surface area contributed by atoms with E-state index in [1.165, 1.54) is 24.4 Å². The fourth-order valence-electron chi connectivity index (χ4n) is 1.61. The lowest BCUT2D eigenvalue weighted by Gasteiger charge is -2.11. The summed E-state index contributed by atoms with van der Waals surface area (Å²) < 4.78 is 6.50. The van der Waals surface area contributed by atoms with Gasteiger partial charge < -0.3 is 4.74 Å². The Morgan fingerprint density at radius 1 is 1.40 bits per heavy atom. The standard InChI is InChI=1S/C14H14ClN3O2/c1-10(20-2)14(19)13(18-9-16-8-17-18)7-11-3-5-12(15)6-4-11/h3-10H,1-2H3. The van der Waals surface area contributed by atoms with Gasteiger partial charge in [-0.3, -0.25) is 4.79 Å². The van der Waals surface area contributed by atoms with Gasteiger partial charge in [0.05, 0.1) is 0 Å². The predicted octanol–water partition coefficient (Wildman–Crippen LogP) is 2.53. The average Bonchev–Trinajstić information content (AvgIpc) is 2.99. The first kappa shape index (κ1) is 14.4. The SMILES string of the molecule is COC(C)C(=O)C(=Cc1ccc(Cl)cc1)n1cncn1. The minimum atomic E-state index is -0.558. The number of methoxy groups -OCH3 is 1. The third kappa shape index (κ3) is 3.31. The summed E-state index contributed by atoms with van der Waals surface area (Å²) in [5.74, 6) is -0.173. The smallest absolute Gasteiger partial charge is 0.209 e. The van der Waals surface area contributed by atoms with Gasteiger partial charge in [0.2, 0.25) is 5.78 Å². The van der Waals surface area contributed by atoms with Crippen molar-refractivity contribution in [2.75, 3.05) is 7.11 Å². The average molecular weight is 292 g/mol. The maximum atomic E-state index is 12.3. The van der Waals surface area contributed by atoms with E-state index >= 15 is 0 Å². The number of benzene rings is 1. The highest BCUT2D eigenvalue weighted by atomic mass is 35.5. The van der Waals surface area contributed by atoms with E-state index < -0.39 is 6.10 Å². The molecule has 1 heterocycles. The van der Waals surface area contributed by atoms with E-state index in [2.05, 4.69) is 10.1 Å². The lowest BCUT2D eigenvalue weighted by atomic mass is 10.1. The van der Waals surface area contributed by atoms with Crippen LogP contribution in [0.5, 0.6) is 0 Å². The zero-order valence-electron chi connectivity index (χ0n) is 11.2. The fourth-order valence-corrected chi connectivity index (χ4v) is 1.74. The molecule has 0 radical (unpaired) electrons. The van der Waals surface area contributed by atoms with Gasteiger partial charge >= 0.3 is 0 Å². The lowest BCUT2D eigenvalue weighted by molar-refractivity contribution is -0.122. The van der Waals surface area contributed by atoms with E-state index in [1.807, 2.05) is 12.1 Å². The molecule has 0 saturated heterocycles. The van der Waals surface area contributed by atoms with Crippen LogP contribution in [0.2, 0.25) is 5.02 Å². The van der Waals surface area contributed by atoms with Gasteiger partial charge in [0, 0.05) is 12.1 Å². The van der Waals surface area contributed by atoms with E-state index in [4.69, 9.17) is 16.3 Å². The minimum Gasteiger partial charge on any atom is -0.374 e. The highest BCUT2D eigenvalue weighted by Crippen LogP contribution is 2.16. The molecular formula is C14H14ClN3O2. The summed E-state index contributed by atoms with van der Waals surface area (Å²) in [6.45, 7) is 1.69. The lowest BCUT2D eigenvalue weighted by Crippen LogP contribution is -2.23. The third-order valence-corrected chi connectivity index (χ3v) is 3.07. The van der Waals surface area contributed by atoms with E-state index in [1.54, 1.807) is 25.1 Å². The molecule has 6 heteroatoms. The number of carbonyl (C=O) groups is 1. The summed E-state index contributed by atoms with van der Waals surface area (Å²) in [5.41, 5.74) is 1.23. The Morgan fingerprint density at radius 2 is 2.10 bits per heavy atom. The Kier molecular flexibility index (Phi) is 4.65. The van der Waals surface area contributed by atoms with Crippen LogP contribution in [0.4, 0.5) is 0 Å².